The van der Waals surface area contributed by atoms with Gasteiger partial charge in [0.05, 0.1) is 3.79 Å². The van der Waals surface area contributed by atoms with Gasteiger partial charge in [-0.1, -0.05) is 27.7 Å². The molecule has 0 aliphatic heterocycles. The van der Waals surface area contributed by atoms with Gasteiger partial charge >= 0.3 is 0 Å². The SMILES string of the molecule is CC(C)CNCCC(C)(C)c1cc(Br)c(Br)s1. The molecule has 1 nitrogen and oxygen atoms in total. The molecule has 1 rings (SSSR count). The van der Waals surface area contributed by atoms with Crippen molar-refractivity contribution in [1.82, 2.24) is 5.32 Å². The summed E-state index contributed by atoms with van der Waals surface area (Å²) >= 11 is 8.95. The van der Waals surface area contributed by atoms with Gasteiger partial charge < -0.3 is 5.32 Å². The van der Waals surface area contributed by atoms with Gasteiger partial charge in [-0.2, -0.15) is 0 Å². The van der Waals surface area contributed by atoms with Crippen LogP contribution in [0.25, 0.3) is 0 Å². The molecule has 0 bridgehead atoms. The third-order valence-electron chi connectivity index (χ3n) is 2.79. The number of hydrogen-bond donors (Lipinski definition) is 1. The molecule has 98 valence electrons. The summed E-state index contributed by atoms with van der Waals surface area (Å²) in [6, 6.07) is 2.23. The molecule has 0 fully saturated rings. The second-order valence-corrected chi connectivity index (χ2v) is 8.69. The van der Waals surface area contributed by atoms with Gasteiger partial charge in [0.25, 0.3) is 0 Å². The summed E-state index contributed by atoms with van der Waals surface area (Å²) in [5.41, 5.74) is 0.239. The molecule has 0 saturated heterocycles. The van der Waals surface area contributed by atoms with Crippen LogP contribution in [-0.4, -0.2) is 13.1 Å². The minimum Gasteiger partial charge on any atom is -0.316 e. The van der Waals surface area contributed by atoms with Gasteiger partial charge in [-0.05, 0) is 63.4 Å². The van der Waals surface area contributed by atoms with E-state index in [-0.39, 0.29) is 5.41 Å². The molecule has 0 spiro atoms. The molecule has 0 saturated carbocycles. The molecule has 1 aromatic heterocycles. The van der Waals surface area contributed by atoms with Gasteiger partial charge in [0.2, 0.25) is 0 Å². The zero-order chi connectivity index (χ0) is 13.1. The monoisotopic (exact) mass is 381 g/mol. The van der Waals surface area contributed by atoms with Crippen LogP contribution in [-0.2, 0) is 5.41 Å². The van der Waals surface area contributed by atoms with Crippen molar-refractivity contribution in [2.75, 3.05) is 13.1 Å². The van der Waals surface area contributed by atoms with Crippen LogP contribution in [0.5, 0.6) is 0 Å². The van der Waals surface area contributed by atoms with E-state index < -0.39 is 0 Å². The van der Waals surface area contributed by atoms with Crippen LogP contribution >= 0.6 is 43.2 Å². The van der Waals surface area contributed by atoms with Crippen molar-refractivity contribution >= 4 is 43.2 Å². The zero-order valence-electron chi connectivity index (χ0n) is 10.9. The molecule has 0 unspecified atom stereocenters. The minimum absolute atomic E-state index is 0.239. The topological polar surface area (TPSA) is 12.0 Å². The fraction of sp³-hybridized carbons (Fsp3) is 0.692. The van der Waals surface area contributed by atoms with Crippen LogP contribution in [0.1, 0.15) is 39.0 Å². The summed E-state index contributed by atoms with van der Waals surface area (Å²) in [6.45, 7) is 11.3. The van der Waals surface area contributed by atoms with Crippen molar-refractivity contribution < 1.29 is 0 Å². The van der Waals surface area contributed by atoms with Gasteiger partial charge in [-0.3, -0.25) is 0 Å². The van der Waals surface area contributed by atoms with E-state index in [4.69, 9.17) is 0 Å². The number of halogens is 2. The maximum absolute atomic E-state index is 3.57. The van der Waals surface area contributed by atoms with Crippen LogP contribution in [0.3, 0.4) is 0 Å². The Labute approximate surface area is 126 Å². The predicted molar refractivity (Wildman–Crippen MR) is 85.1 cm³/mol. The predicted octanol–water partition coefficient (Wildman–Crippen LogP) is 5.19. The van der Waals surface area contributed by atoms with E-state index in [1.807, 2.05) is 11.3 Å². The first kappa shape index (κ1) is 15.7. The molecule has 1 N–H and O–H groups in total. The summed E-state index contributed by atoms with van der Waals surface area (Å²) in [4.78, 5) is 1.43. The zero-order valence-corrected chi connectivity index (χ0v) is 14.9. The van der Waals surface area contributed by atoms with Crippen molar-refractivity contribution in [3.8, 4) is 0 Å². The molecule has 0 amide bonds. The number of rotatable bonds is 6. The summed E-state index contributed by atoms with van der Waals surface area (Å²) in [5, 5.41) is 3.51. The van der Waals surface area contributed by atoms with E-state index in [9.17, 15) is 0 Å². The van der Waals surface area contributed by atoms with Crippen LogP contribution in [0, 0.1) is 5.92 Å². The summed E-state index contributed by atoms with van der Waals surface area (Å²) in [7, 11) is 0. The molecule has 0 aromatic carbocycles. The molecule has 0 radical (unpaired) electrons. The molecule has 0 aliphatic rings. The molecule has 0 atom stereocenters. The van der Waals surface area contributed by atoms with Crippen molar-refractivity contribution in [2.45, 2.75) is 39.5 Å². The van der Waals surface area contributed by atoms with Gasteiger partial charge in [0.15, 0.2) is 0 Å². The van der Waals surface area contributed by atoms with E-state index in [2.05, 4.69) is 70.9 Å². The van der Waals surface area contributed by atoms with Gasteiger partial charge in [0, 0.05) is 14.8 Å². The highest BCUT2D eigenvalue weighted by atomic mass is 79.9. The molecule has 0 aliphatic carbocycles. The van der Waals surface area contributed by atoms with E-state index in [1.165, 1.54) is 19.6 Å². The second kappa shape index (κ2) is 6.69. The lowest BCUT2D eigenvalue weighted by Crippen LogP contribution is -2.27. The maximum atomic E-state index is 3.57. The van der Waals surface area contributed by atoms with Crippen molar-refractivity contribution in [2.24, 2.45) is 5.92 Å². The lowest BCUT2D eigenvalue weighted by atomic mass is 9.87. The Balaban J connectivity index is 2.50. The van der Waals surface area contributed by atoms with Gasteiger partial charge in [0.1, 0.15) is 0 Å². The first-order chi connectivity index (χ1) is 7.83. The minimum atomic E-state index is 0.239. The van der Waals surface area contributed by atoms with Crippen LogP contribution in [0.4, 0.5) is 0 Å². The average Bonchev–Trinajstić information content (AvgIpc) is 2.55. The van der Waals surface area contributed by atoms with Crippen molar-refractivity contribution in [1.29, 1.82) is 0 Å². The van der Waals surface area contributed by atoms with E-state index in [0.717, 1.165) is 19.0 Å². The summed E-state index contributed by atoms with van der Waals surface area (Å²) in [6.07, 6.45) is 1.17. The smallest absolute Gasteiger partial charge is 0.0843 e. The Morgan fingerprint density at radius 3 is 2.47 bits per heavy atom. The number of nitrogens with one attached hydrogen (secondary N) is 1. The normalized spacial score (nSPS) is 12.4. The number of hydrogen-bond acceptors (Lipinski definition) is 2. The second-order valence-electron chi connectivity index (χ2n) is 5.46. The largest absolute Gasteiger partial charge is 0.316 e. The first-order valence-electron chi connectivity index (χ1n) is 5.99. The van der Waals surface area contributed by atoms with Crippen LogP contribution in [0.2, 0.25) is 0 Å². The third kappa shape index (κ3) is 5.01. The Hall–Kier alpha value is 0.620. The lowest BCUT2D eigenvalue weighted by Gasteiger charge is -2.23. The fourth-order valence-corrected chi connectivity index (χ4v) is 3.76. The summed E-state index contributed by atoms with van der Waals surface area (Å²) in [5.74, 6) is 0.725. The Kier molecular flexibility index (Phi) is 6.17. The Morgan fingerprint density at radius 1 is 1.35 bits per heavy atom. The molecule has 17 heavy (non-hydrogen) atoms. The lowest BCUT2D eigenvalue weighted by molar-refractivity contribution is 0.448. The van der Waals surface area contributed by atoms with Crippen LogP contribution in [0.15, 0.2) is 14.3 Å². The van der Waals surface area contributed by atoms with E-state index >= 15 is 0 Å². The van der Waals surface area contributed by atoms with E-state index in [0.29, 0.717) is 0 Å². The molecule has 1 aromatic rings. The van der Waals surface area contributed by atoms with E-state index in [1.54, 1.807) is 0 Å². The molecule has 1 heterocycles. The summed E-state index contributed by atoms with van der Waals surface area (Å²) < 4.78 is 2.36. The molecule has 4 heteroatoms. The highest BCUT2D eigenvalue weighted by Crippen LogP contribution is 2.39. The molecular formula is C13H21Br2NS. The average molecular weight is 383 g/mol. The van der Waals surface area contributed by atoms with Crippen molar-refractivity contribution in [3.05, 3.63) is 19.2 Å². The third-order valence-corrected chi connectivity index (χ3v) is 6.41. The fourth-order valence-electron chi connectivity index (χ4n) is 1.59. The standard InChI is InChI=1S/C13H21Br2NS/c1-9(2)8-16-6-5-13(3,4)11-7-10(14)12(15)17-11/h7,9,16H,5-6,8H2,1-4H3. The van der Waals surface area contributed by atoms with Gasteiger partial charge in [-0.25, -0.2) is 0 Å². The van der Waals surface area contributed by atoms with Crippen molar-refractivity contribution in [3.63, 3.8) is 0 Å². The highest BCUT2D eigenvalue weighted by molar-refractivity contribution is 9.13. The van der Waals surface area contributed by atoms with Gasteiger partial charge in [-0.15, -0.1) is 11.3 Å². The highest BCUT2D eigenvalue weighted by Gasteiger charge is 2.23. The first-order valence-corrected chi connectivity index (χ1v) is 8.39. The maximum Gasteiger partial charge on any atom is 0.0843 e. The van der Waals surface area contributed by atoms with Crippen LogP contribution < -0.4 is 5.32 Å². The Morgan fingerprint density at radius 2 is 2.00 bits per heavy atom. The molecular weight excluding hydrogens is 362 g/mol. The Bertz CT molecular complexity index is 339. The quantitative estimate of drug-likeness (QED) is 0.667. The number of thiophene rings is 1.